The van der Waals surface area contributed by atoms with E-state index in [1.807, 2.05) is 25.1 Å². The third kappa shape index (κ3) is 4.48. The minimum absolute atomic E-state index is 0.130. The van der Waals surface area contributed by atoms with Crippen molar-refractivity contribution in [2.24, 2.45) is 11.7 Å². The maximum Gasteiger partial charge on any atom is 0.241 e. The number of rotatable bonds is 4. The highest BCUT2D eigenvalue weighted by Gasteiger charge is 2.15. The van der Waals surface area contributed by atoms with Gasteiger partial charge in [-0.25, -0.2) is 0 Å². The molecule has 0 aromatic heterocycles. The zero-order chi connectivity index (χ0) is 13.0. The van der Waals surface area contributed by atoms with Gasteiger partial charge in [0.25, 0.3) is 0 Å². The van der Waals surface area contributed by atoms with Crippen LogP contribution in [0.1, 0.15) is 25.8 Å². The third-order valence-corrected chi connectivity index (χ3v) is 3.36. The SMILES string of the molecule is Cc1ccc(NC(=O)[C@@H](N)CC(C)C)cc1Br. The second-order valence-electron chi connectivity index (χ2n) is 4.69. The topological polar surface area (TPSA) is 55.1 Å². The molecule has 1 aromatic carbocycles. The third-order valence-electron chi connectivity index (χ3n) is 2.50. The number of benzene rings is 1. The van der Waals surface area contributed by atoms with E-state index in [1.54, 1.807) is 0 Å². The lowest BCUT2D eigenvalue weighted by Gasteiger charge is -2.14. The molecule has 0 aliphatic carbocycles. The van der Waals surface area contributed by atoms with E-state index in [0.29, 0.717) is 12.3 Å². The summed E-state index contributed by atoms with van der Waals surface area (Å²) in [5.41, 5.74) is 7.71. The van der Waals surface area contributed by atoms with Gasteiger partial charge in [-0.1, -0.05) is 35.8 Å². The highest BCUT2D eigenvalue weighted by atomic mass is 79.9. The van der Waals surface area contributed by atoms with Gasteiger partial charge in [-0.15, -0.1) is 0 Å². The number of carbonyl (C=O) groups excluding carboxylic acids is 1. The zero-order valence-corrected chi connectivity index (χ0v) is 12.0. The largest absolute Gasteiger partial charge is 0.325 e. The van der Waals surface area contributed by atoms with Crippen LogP contribution in [0.5, 0.6) is 0 Å². The van der Waals surface area contributed by atoms with Crippen molar-refractivity contribution in [1.29, 1.82) is 0 Å². The first-order valence-corrected chi connectivity index (χ1v) is 6.52. The van der Waals surface area contributed by atoms with Crippen molar-refractivity contribution in [3.8, 4) is 0 Å². The van der Waals surface area contributed by atoms with E-state index in [-0.39, 0.29) is 5.91 Å². The molecule has 4 heteroatoms. The lowest BCUT2D eigenvalue weighted by Crippen LogP contribution is -2.36. The average Bonchev–Trinajstić information content (AvgIpc) is 2.22. The summed E-state index contributed by atoms with van der Waals surface area (Å²) in [6.07, 6.45) is 0.693. The number of halogens is 1. The molecule has 1 aromatic rings. The van der Waals surface area contributed by atoms with E-state index in [9.17, 15) is 4.79 Å². The van der Waals surface area contributed by atoms with E-state index < -0.39 is 6.04 Å². The second-order valence-corrected chi connectivity index (χ2v) is 5.54. The zero-order valence-electron chi connectivity index (χ0n) is 10.5. The van der Waals surface area contributed by atoms with Crippen molar-refractivity contribution in [2.45, 2.75) is 33.2 Å². The van der Waals surface area contributed by atoms with E-state index in [0.717, 1.165) is 15.7 Å². The van der Waals surface area contributed by atoms with Gasteiger partial charge in [0, 0.05) is 10.2 Å². The van der Waals surface area contributed by atoms with Crippen molar-refractivity contribution in [3.05, 3.63) is 28.2 Å². The fourth-order valence-corrected chi connectivity index (χ4v) is 1.90. The molecule has 0 saturated heterocycles. The van der Waals surface area contributed by atoms with Gasteiger partial charge in [-0.3, -0.25) is 4.79 Å². The monoisotopic (exact) mass is 298 g/mol. The number of nitrogens with two attached hydrogens (primary N) is 1. The van der Waals surface area contributed by atoms with Gasteiger partial charge in [-0.2, -0.15) is 0 Å². The summed E-state index contributed by atoms with van der Waals surface area (Å²) in [7, 11) is 0. The van der Waals surface area contributed by atoms with Crippen LogP contribution in [0.25, 0.3) is 0 Å². The Bertz CT molecular complexity index is 404. The molecule has 0 aliphatic rings. The Hall–Kier alpha value is -0.870. The van der Waals surface area contributed by atoms with Crippen LogP contribution in [0.3, 0.4) is 0 Å². The number of aryl methyl sites for hydroxylation is 1. The van der Waals surface area contributed by atoms with Crippen molar-refractivity contribution in [3.63, 3.8) is 0 Å². The van der Waals surface area contributed by atoms with Crippen molar-refractivity contribution < 1.29 is 4.79 Å². The van der Waals surface area contributed by atoms with Crippen molar-refractivity contribution in [2.75, 3.05) is 5.32 Å². The molecule has 1 amide bonds. The number of amides is 1. The Morgan fingerprint density at radius 1 is 1.47 bits per heavy atom. The predicted octanol–water partition coefficient (Wildman–Crippen LogP) is 3.07. The summed E-state index contributed by atoms with van der Waals surface area (Å²) in [6, 6.07) is 5.26. The molecular formula is C13H19BrN2O. The quantitative estimate of drug-likeness (QED) is 0.897. The number of carbonyl (C=O) groups is 1. The molecular weight excluding hydrogens is 280 g/mol. The van der Waals surface area contributed by atoms with Crippen molar-refractivity contribution >= 4 is 27.5 Å². The number of hydrogen-bond acceptors (Lipinski definition) is 2. The molecule has 3 nitrogen and oxygen atoms in total. The molecule has 1 atom stereocenters. The van der Waals surface area contributed by atoms with Crippen molar-refractivity contribution in [1.82, 2.24) is 0 Å². The molecule has 3 N–H and O–H groups in total. The molecule has 0 radical (unpaired) electrons. The molecule has 0 heterocycles. The van der Waals surface area contributed by atoms with Gasteiger partial charge in [0.15, 0.2) is 0 Å². The van der Waals surface area contributed by atoms with Gasteiger partial charge in [0.05, 0.1) is 6.04 Å². The Morgan fingerprint density at radius 2 is 2.12 bits per heavy atom. The second kappa shape index (κ2) is 6.17. The molecule has 0 spiro atoms. The summed E-state index contributed by atoms with van der Waals surface area (Å²) >= 11 is 3.43. The number of nitrogens with one attached hydrogen (secondary N) is 1. The maximum atomic E-state index is 11.8. The Balaban J connectivity index is 2.64. The van der Waals surface area contributed by atoms with E-state index in [2.05, 4.69) is 35.1 Å². The van der Waals surface area contributed by atoms with Crippen LogP contribution in [-0.4, -0.2) is 11.9 Å². The number of anilines is 1. The average molecular weight is 299 g/mol. The molecule has 0 fully saturated rings. The molecule has 0 aliphatic heterocycles. The summed E-state index contributed by atoms with van der Waals surface area (Å²) in [4.78, 5) is 11.8. The van der Waals surface area contributed by atoms with Crippen LogP contribution in [0.15, 0.2) is 22.7 Å². The van der Waals surface area contributed by atoms with Crippen LogP contribution in [0, 0.1) is 12.8 Å². The van der Waals surface area contributed by atoms with E-state index >= 15 is 0 Å². The summed E-state index contributed by atoms with van der Waals surface area (Å²) in [5.74, 6) is 0.287. The molecule has 94 valence electrons. The summed E-state index contributed by atoms with van der Waals surface area (Å²) in [6.45, 7) is 6.10. The first-order valence-electron chi connectivity index (χ1n) is 5.72. The van der Waals surface area contributed by atoms with Gasteiger partial charge < -0.3 is 11.1 Å². The number of hydrogen-bond donors (Lipinski definition) is 2. The summed E-state index contributed by atoms with van der Waals surface area (Å²) in [5, 5.41) is 2.82. The highest BCUT2D eigenvalue weighted by molar-refractivity contribution is 9.10. The van der Waals surface area contributed by atoms with E-state index in [1.165, 1.54) is 0 Å². The van der Waals surface area contributed by atoms with Gasteiger partial charge in [0.1, 0.15) is 0 Å². The van der Waals surface area contributed by atoms with Gasteiger partial charge in [0.2, 0.25) is 5.91 Å². The van der Waals surface area contributed by atoms with E-state index in [4.69, 9.17) is 5.73 Å². The molecule has 0 saturated carbocycles. The first kappa shape index (κ1) is 14.2. The standard InChI is InChI=1S/C13H19BrN2O/c1-8(2)6-12(15)13(17)16-10-5-4-9(3)11(14)7-10/h4-5,7-8,12H,6,15H2,1-3H3,(H,16,17)/t12-/m0/s1. The highest BCUT2D eigenvalue weighted by Crippen LogP contribution is 2.20. The maximum absolute atomic E-state index is 11.8. The molecule has 0 unspecified atom stereocenters. The lowest BCUT2D eigenvalue weighted by molar-refractivity contribution is -0.117. The predicted molar refractivity (Wildman–Crippen MR) is 74.9 cm³/mol. The lowest BCUT2D eigenvalue weighted by atomic mass is 10.0. The van der Waals surface area contributed by atoms with Crippen LogP contribution >= 0.6 is 15.9 Å². The fourth-order valence-electron chi connectivity index (χ4n) is 1.52. The molecule has 17 heavy (non-hydrogen) atoms. The van der Waals surface area contributed by atoms with Crippen LogP contribution in [-0.2, 0) is 4.79 Å². The normalized spacial score (nSPS) is 12.6. The Labute approximate surface area is 111 Å². The minimum atomic E-state index is -0.449. The van der Waals surface area contributed by atoms with Crippen LogP contribution in [0.4, 0.5) is 5.69 Å². The van der Waals surface area contributed by atoms with Crippen LogP contribution < -0.4 is 11.1 Å². The molecule has 1 rings (SSSR count). The van der Waals surface area contributed by atoms with Gasteiger partial charge in [-0.05, 0) is 37.0 Å². The first-order chi connectivity index (χ1) is 7.90. The summed E-state index contributed by atoms with van der Waals surface area (Å²) < 4.78 is 0.979. The minimum Gasteiger partial charge on any atom is -0.325 e. The fraction of sp³-hybridized carbons (Fsp3) is 0.462. The van der Waals surface area contributed by atoms with Crippen LogP contribution in [0.2, 0.25) is 0 Å². The Kier molecular flexibility index (Phi) is 5.15. The van der Waals surface area contributed by atoms with Gasteiger partial charge >= 0.3 is 0 Å². The smallest absolute Gasteiger partial charge is 0.241 e. The molecule has 0 bridgehead atoms. The Morgan fingerprint density at radius 3 is 2.65 bits per heavy atom.